The summed E-state index contributed by atoms with van der Waals surface area (Å²) in [6.07, 6.45) is 5.04. The Bertz CT molecular complexity index is 612. The van der Waals surface area contributed by atoms with Crippen molar-refractivity contribution in [3.8, 4) is 5.75 Å². The van der Waals surface area contributed by atoms with Gasteiger partial charge < -0.3 is 9.84 Å². The summed E-state index contributed by atoms with van der Waals surface area (Å²) in [6.45, 7) is 4.30. The molecule has 1 N–H and O–H groups in total. The number of ether oxygens (including phenoxy) is 1. The second-order valence-corrected chi connectivity index (χ2v) is 6.14. The number of pyridine rings is 1. The molecule has 1 aromatic heterocycles. The molecule has 22 heavy (non-hydrogen) atoms. The topological polar surface area (TPSA) is 45.6 Å². The SMILES string of the molecule is CC1CCCCN1CC(O)COc1cccc2cccnc12. The van der Waals surface area contributed by atoms with Crippen LogP contribution >= 0.6 is 0 Å². The van der Waals surface area contributed by atoms with Crippen LogP contribution in [0.25, 0.3) is 10.9 Å². The third kappa shape index (κ3) is 3.57. The summed E-state index contributed by atoms with van der Waals surface area (Å²) >= 11 is 0. The summed E-state index contributed by atoms with van der Waals surface area (Å²) in [5.41, 5.74) is 0.851. The lowest BCUT2D eigenvalue weighted by atomic mass is 10.0. The lowest BCUT2D eigenvalue weighted by Crippen LogP contribution is -2.43. The third-order valence-corrected chi connectivity index (χ3v) is 4.41. The second kappa shape index (κ2) is 7.07. The fraction of sp³-hybridized carbons (Fsp3) is 0.500. The van der Waals surface area contributed by atoms with Crippen molar-refractivity contribution in [3.05, 3.63) is 36.5 Å². The van der Waals surface area contributed by atoms with Gasteiger partial charge in [-0.25, -0.2) is 0 Å². The first-order valence-corrected chi connectivity index (χ1v) is 8.12. The van der Waals surface area contributed by atoms with Gasteiger partial charge >= 0.3 is 0 Å². The van der Waals surface area contributed by atoms with E-state index < -0.39 is 6.10 Å². The number of aromatic nitrogens is 1. The van der Waals surface area contributed by atoms with Crippen molar-refractivity contribution in [2.24, 2.45) is 0 Å². The minimum absolute atomic E-state index is 0.304. The molecule has 0 aliphatic carbocycles. The fourth-order valence-electron chi connectivity index (χ4n) is 3.13. The number of rotatable bonds is 5. The molecule has 0 saturated carbocycles. The van der Waals surface area contributed by atoms with Crippen molar-refractivity contribution >= 4 is 10.9 Å². The number of nitrogens with zero attached hydrogens (tertiary/aromatic N) is 2. The number of aliphatic hydroxyl groups excluding tert-OH is 1. The van der Waals surface area contributed by atoms with Gasteiger partial charge in [0, 0.05) is 24.2 Å². The van der Waals surface area contributed by atoms with Crippen LogP contribution < -0.4 is 4.74 Å². The maximum Gasteiger partial charge on any atom is 0.145 e. The monoisotopic (exact) mass is 300 g/mol. The Balaban J connectivity index is 1.59. The van der Waals surface area contributed by atoms with Gasteiger partial charge in [0.1, 0.15) is 24.0 Å². The first kappa shape index (κ1) is 15.3. The molecule has 1 aliphatic heterocycles. The molecule has 3 rings (SSSR count). The Morgan fingerprint density at radius 3 is 3.05 bits per heavy atom. The number of benzene rings is 1. The summed E-state index contributed by atoms with van der Waals surface area (Å²) in [4.78, 5) is 6.73. The summed E-state index contributed by atoms with van der Waals surface area (Å²) < 4.78 is 5.82. The van der Waals surface area contributed by atoms with Gasteiger partial charge in [0.2, 0.25) is 0 Å². The highest BCUT2D eigenvalue weighted by molar-refractivity contribution is 5.84. The molecule has 4 heteroatoms. The summed E-state index contributed by atoms with van der Waals surface area (Å²) in [5.74, 6) is 0.740. The summed E-state index contributed by atoms with van der Waals surface area (Å²) in [7, 11) is 0. The Morgan fingerprint density at radius 2 is 2.18 bits per heavy atom. The smallest absolute Gasteiger partial charge is 0.145 e. The predicted octanol–water partition coefficient (Wildman–Crippen LogP) is 2.85. The average Bonchev–Trinajstić information content (AvgIpc) is 2.55. The van der Waals surface area contributed by atoms with Gasteiger partial charge in [-0.15, -0.1) is 0 Å². The van der Waals surface area contributed by atoms with E-state index in [9.17, 15) is 5.11 Å². The molecule has 0 radical (unpaired) electrons. The highest BCUT2D eigenvalue weighted by atomic mass is 16.5. The van der Waals surface area contributed by atoms with Gasteiger partial charge in [0.05, 0.1) is 0 Å². The van der Waals surface area contributed by atoms with Crippen LogP contribution in [0.5, 0.6) is 5.75 Å². The van der Waals surface area contributed by atoms with E-state index >= 15 is 0 Å². The molecule has 1 fully saturated rings. The van der Waals surface area contributed by atoms with Crippen molar-refractivity contribution < 1.29 is 9.84 Å². The Hall–Kier alpha value is -1.65. The molecule has 2 atom stereocenters. The van der Waals surface area contributed by atoms with Crippen LogP contribution in [0.2, 0.25) is 0 Å². The number of fused-ring (bicyclic) bond motifs is 1. The van der Waals surface area contributed by atoms with Crippen LogP contribution in [-0.4, -0.2) is 46.8 Å². The van der Waals surface area contributed by atoms with Gasteiger partial charge in [0.25, 0.3) is 0 Å². The van der Waals surface area contributed by atoms with E-state index in [1.165, 1.54) is 19.3 Å². The first-order chi connectivity index (χ1) is 10.7. The molecular weight excluding hydrogens is 276 g/mol. The molecule has 1 saturated heterocycles. The zero-order valence-electron chi connectivity index (χ0n) is 13.1. The van der Waals surface area contributed by atoms with E-state index in [-0.39, 0.29) is 0 Å². The highest BCUT2D eigenvalue weighted by Gasteiger charge is 2.21. The Kier molecular flexibility index (Phi) is 4.90. The number of hydrogen-bond donors (Lipinski definition) is 1. The molecule has 118 valence electrons. The van der Waals surface area contributed by atoms with E-state index in [2.05, 4.69) is 16.8 Å². The van der Waals surface area contributed by atoms with E-state index in [1.807, 2.05) is 30.3 Å². The number of β-amino-alcohol motifs (C(OH)–C–C–N with tert-alkyl or cyclic N) is 1. The average molecular weight is 300 g/mol. The van der Waals surface area contributed by atoms with E-state index in [4.69, 9.17) is 4.74 Å². The third-order valence-electron chi connectivity index (χ3n) is 4.41. The van der Waals surface area contributed by atoms with Crippen molar-refractivity contribution in [2.45, 2.75) is 38.3 Å². The fourth-order valence-corrected chi connectivity index (χ4v) is 3.13. The standard InChI is InChI=1S/C18H24N2O2/c1-14-6-2-3-11-20(14)12-16(21)13-22-17-9-4-7-15-8-5-10-19-18(15)17/h4-5,7-10,14,16,21H,2-3,6,11-13H2,1H3. The quantitative estimate of drug-likeness (QED) is 0.922. The van der Waals surface area contributed by atoms with Crippen LogP contribution in [0.3, 0.4) is 0 Å². The molecule has 2 heterocycles. The molecule has 0 spiro atoms. The number of hydrogen-bond acceptors (Lipinski definition) is 4. The normalized spacial score (nSPS) is 20.9. The van der Waals surface area contributed by atoms with Crippen LogP contribution in [0.15, 0.2) is 36.5 Å². The Labute approximate surface area is 131 Å². The van der Waals surface area contributed by atoms with Crippen LogP contribution in [-0.2, 0) is 0 Å². The molecule has 2 unspecified atom stereocenters. The predicted molar refractivity (Wildman–Crippen MR) is 88.1 cm³/mol. The molecule has 0 bridgehead atoms. The zero-order valence-corrected chi connectivity index (χ0v) is 13.1. The van der Waals surface area contributed by atoms with E-state index in [1.54, 1.807) is 6.20 Å². The second-order valence-electron chi connectivity index (χ2n) is 6.14. The van der Waals surface area contributed by atoms with Crippen LogP contribution in [0, 0.1) is 0 Å². The van der Waals surface area contributed by atoms with Gasteiger partial charge in [-0.2, -0.15) is 0 Å². The van der Waals surface area contributed by atoms with E-state index in [0.29, 0.717) is 19.2 Å². The maximum absolute atomic E-state index is 10.3. The van der Waals surface area contributed by atoms with Crippen molar-refractivity contribution in [1.82, 2.24) is 9.88 Å². The largest absolute Gasteiger partial charge is 0.489 e. The lowest BCUT2D eigenvalue weighted by Gasteiger charge is -2.34. The number of likely N-dealkylation sites (tertiary alicyclic amines) is 1. The van der Waals surface area contributed by atoms with Crippen molar-refractivity contribution in [1.29, 1.82) is 0 Å². The highest BCUT2D eigenvalue weighted by Crippen LogP contribution is 2.23. The number of piperidine rings is 1. The number of para-hydroxylation sites is 1. The van der Waals surface area contributed by atoms with Gasteiger partial charge in [0.15, 0.2) is 0 Å². The molecular formula is C18H24N2O2. The molecule has 4 nitrogen and oxygen atoms in total. The first-order valence-electron chi connectivity index (χ1n) is 8.12. The minimum Gasteiger partial charge on any atom is -0.489 e. The number of aliphatic hydroxyl groups is 1. The van der Waals surface area contributed by atoms with Gasteiger partial charge in [-0.3, -0.25) is 9.88 Å². The Morgan fingerprint density at radius 1 is 1.32 bits per heavy atom. The van der Waals surface area contributed by atoms with Crippen LogP contribution in [0.1, 0.15) is 26.2 Å². The zero-order chi connectivity index (χ0) is 15.4. The maximum atomic E-state index is 10.3. The molecule has 1 aromatic carbocycles. The molecule has 2 aromatic rings. The molecule has 0 amide bonds. The lowest BCUT2D eigenvalue weighted by molar-refractivity contribution is 0.0441. The summed E-state index contributed by atoms with van der Waals surface area (Å²) in [5, 5.41) is 11.3. The van der Waals surface area contributed by atoms with Crippen LogP contribution in [0.4, 0.5) is 0 Å². The summed E-state index contributed by atoms with van der Waals surface area (Å²) in [6, 6.07) is 10.4. The van der Waals surface area contributed by atoms with Crippen molar-refractivity contribution in [2.75, 3.05) is 19.7 Å². The van der Waals surface area contributed by atoms with Crippen molar-refractivity contribution in [3.63, 3.8) is 0 Å². The minimum atomic E-state index is -0.473. The van der Waals surface area contributed by atoms with Gasteiger partial charge in [-0.1, -0.05) is 24.6 Å². The van der Waals surface area contributed by atoms with E-state index in [0.717, 1.165) is 23.2 Å². The molecule has 1 aliphatic rings. The van der Waals surface area contributed by atoms with Gasteiger partial charge in [-0.05, 0) is 38.4 Å².